The highest BCUT2D eigenvalue weighted by Gasteiger charge is 2.29. The summed E-state index contributed by atoms with van der Waals surface area (Å²) in [5.74, 6) is -0.00976. The highest BCUT2D eigenvalue weighted by molar-refractivity contribution is 7.89. The maximum absolute atomic E-state index is 12.4. The van der Waals surface area contributed by atoms with Crippen molar-refractivity contribution in [3.05, 3.63) is 6.20 Å². The average Bonchev–Trinajstić information content (AvgIpc) is 2.70. The summed E-state index contributed by atoms with van der Waals surface area (Å²) in [7, 11) is -2.28. The Morgan fingerprint density at radius 3 is 2.79 bits per heavy atom. The molecule has 0 amide bonds. The lowest BCUT2D eigenvalue weighted by molar-refractivity contribution is 0.393. The number of hydrogen-bond acceptors (Lipinski definition) is 5. The summed E-state index contributed by atoms with van der Waals surface area (Å²) in [6, 6.07) is 1.54. The number of nitrogen functional groups attached to an aromatic ring is 1. The molecule has 1 atom stereocenters. The third kappa shape index (κ3) is 3.24. The van der Waals surface area contributed by atoms with Crippen LogP contribution in [0.3, 0.4) is 0 Å². The predicted octanol–water partition coefficient (Wildman–Crippen LogP) is 0.798. The zero-order valence-corrected chi connectivity index (χ0v) is 12.2. The summed E-state index contributed by atoms with van der Waals surface area (Å²) in [4.78, 5) is -0.00626. The number of rotatable bonds is 6. The van der Waals surface area contributed by atoms with Gasteiger partial charge in [-0.25, -0.2) is 8.42 Å². The van der Waals surface area contributed by atoms with Crippen LogP contribution in [0.4, 0.5) is 5.82 Å². The summed E-state index contributed by atoms with van der Waals surface area (Å²) in [6.07, 6.45) is 2.39. The Morgan fingerprint density at radius 1 is 1.63 bits per heavy atom. The van der Waals surface area contributed by atoms with E-state index in [1.807, 2.05) is 13.0 Å². The van der Waals surface area contributed by atoms with Crippen LogP contribution in [-0.2, 0) is 16.6 Å². The van der Waals surface area contributed by atoms with Gasteiger partial charge in [-0.3, -0.25) is 4.68 Å². The van der Waals surface area contributed by atoms with Gasteiger partial charge in [-0.15, -0.1) is 0 Å². The van der Waals surface area contributed by atoms with E-state index in [0.717, 1.165) is 10.7 Å². The second kappa shape index (κ2) is 6.04. The number of aryl methyl sites for hydroxylation is 1. The van der Waals surface area contributed by atoms with Gasteiger partial charge in [0.1, 0.15) is 4.90 Å². The molecule has 1 aromatic rings. The lowest BCUT2D eigenvalue weighted by Gasteiger charge is -2.21. The van der Waals surface area contributed by atoms with Gasteiger partial charge in [-0.2, -0.15) is 14.7 Å². The van der Waals surface area contributed by atoms with E-state index < -0.39 is 16.1 Å². The number of anilines is 1. The van der Waals surface area contributed by atoms with Crippen molar-refractivity contribution in [1.82, 2.24) is 14.1 Å². The molecule has 0 spiro atoms. The van der Waals surface area contributed by atoms with Crippen molar-refractivity contribution in [1.29, 1.82) is 5.26 Å². The molecule has 0 saturated carbocycles. The minimum absolute atomic E-state index is 0.00626. The molecule has 0 fully saturated rings. The Hall–Kier alpha value is -1.59. The lowest BCUT2D eigenvalue weighted by Crippen LogP contribution is -2.35. The van der Waals surface area contributed by atoms with Crippen LogP contribution in [0.5, 0.6) is 0 Å². The smallest absolute Gasteiger partial charge is 0.248 e. The van der Waals surface area contributed by atoms with Crippen LogP contribution >= 0.6 is 0 Å². The first-order valence-corrected chi connectivity index (χ1v) is 7.46. The van der Waals surface area contributed by atoms with Gasteiger partial charge in [0.2, 0.25) is 10.0 Å². The summed E-state index contributed by atoms with van der Waals surface area (Å²) in [5, 5.41) is 12.6. The van der Waals surface area contributed by atoms with Crippen molar-refractivity contribution in [2.45, 2.75) is 44.2 Å². The van der Waals surface area contributed by atoms with Gasteiger partial charge in [0, 0.05) is 25.8 Å². The number of nitrogens with two attached hydrogens (primary N) is 1. The SMILES string of the molecule is CCCn1cc(S(=O)(=O)N(C)C(C)CC#N)c(N)n1. The maximum atomic E-state index is 12.4. The van der Waals surface area contributed by atoms with Crippen molar-refractivity contribution in [2.75, 3.05) is 12.8 Å². The van der Waals surface area contributed by atoms with Crippen molar-refractivity contribution < 1.29 is 8.42 Å². The number of sulfonamides is 1. The van der Waals surface area contributed by atoms with Gasteiger partial charge in [-0.1, -0.05) is 6.92 Å². The fourth-order valence-electron chi connectivity index (χ4n) is 1.61. The average molecular weight is 285 g/mol. The van der Waals surface area contributed by atoms with Crippen molar-refractivity contribution in [2.24, 2.45) is 0 Å². The Balaban J connectivity index is 3.10. The largest absolute Gasteiger partial charge is 0.381 e. The molecule has 1 heterocycles. The molecule has 0 aliphatic heterocycles. The second-order valence-electron chi connectivity index (χ2n) is 4.37. The van der Waals surface area contributed by atoms with E-state index in [0.29, 0.717) is 6.54 Å². The monoisotopic (exact) mass is 285 g/mol. The highest BCUT2D eigenvalue weighted by Crippen LogP contribution is 2.22. The van der Waals surface area contributed by atoms with Crippen LogP contribution in [0.15, 0.2) is 11.1 Å². The van der Waals surface area contributed by atoms with Crippen molar-refractivity contribution in [3.63, 3.8) is 0 Å². The zero-order valence-electron chi connectivity index (χ0n) is 11.4. The topological polar surface area (TPSA) is 105 Å². The van der Waals surface area contributed by atoms with E-state index in [1.165, 1.54) is 17.9 Å². The molecule has 0 bridgehead atoms. The van der Waals surface area contributed by atoms with E-state index >= 15 is 0 Å². The molecule has 0 aliphatic carbocycles. The minimum atomic E-state index is -3.71. The molecule has 0 aliphatic rings. The standard InChI is InChI=1S/C11H19N5O2S/c1-4-7-16-8-10(11(13)14-16)19(17,18)15(3)9(2)5-6-12/h8-9H,4-5,7H2,1-3H3,(H2,13,14). The number of nitriles is 1. The van der Waals surface area contributed by atoms with Crippen molar-refractivity contribution in [3.8, 4) is 6.07 Å². The van der Waals surface area contributed by atoms with Gasteiger partial charge in [-0.05, 0) is 13.3 Å². The summed E-state index contributed by atoms with van der Waals surface area (Å²) in [6.45, 7) is 4.25. The Morgan fingerprint density at radius 2 is 2.26 bits per heavy atom. The summed E-state index contributed by atoms with van der Waals surface area (Å²) >= 11 is 0. The van der Waals surface area contributed by atoms with Crippen LogP contribution in [0.1, 0.15) is 26.7 Å². The Kier molecular flexibility index (Phi) is 4.91. The van der Waals surface area contributed by atoms with Crippen molar-refractivity contribution >= 4 is 15.8 Å². The molecule has 0 radical (unpaired) electrons. The van der Waals surface area contributed by atoms with Crippen LogP contribution < -0.4 is 5.73 Å². The van der Waals surface area contributed by atoms with Crippen LogP contribution in [0.2, 0.25) is 0 Å². The molecular weight excluding hydrogens is 266 g/mol. The minimum Gasteiger partial charge on any atom is -0.381 e. The Labute approximate surface area is 113 Å². The predicted molar refractivity (Wildman–Crippen MR) is 71.6 cm³/mol. The van der Waals surface area contributed by atoms with Gasteiger partial charge >= 0.3 is 0 Å². The molecule has 0 aromatic carbocycles. The number of hydrogen-bond donors (Lipinski definition) is 1. The fourth-order valence-corrected chi connectivity index (χ4v) is 3.03. The van der Waals surface area contributed by atoms with Gasteiger partial charge in [0.05, 0.1) is 12.5 Å². The first-order chi connectivity index (χ1) is 8.84. The first-order valence-electron chi connectivity index (χ1n) is 6.02. The van der Waals surface area contributed by atoms with Crippen LogP contribution in [0.25, 0.3) is 0 Å². The van der Waals surface area contributed by atoms with E-state index in [4.69, 9.17) is 11.0 Å². The molecule has 8 heteroatoms. The molecule has 2 N–H and O–H groups in total. The van der Waals surface area contributed by atoms with Gasteiger partial charge in [0.25, 0.3) is 0 Å². The molecule has 19 heavy (non-hydrogen) atoms. The Bertz CT molecular complexity index is 572. The normalized spacial score (nSPS) is 13.4. The summed E-state index contributed by atoms with van der Waals surface area (Å²) in [5.41, 5.74) is 5.67. The van der Waals surface area contributed by atoms with Gasteiger partial charge < -0.3 is 5.73 Å². The maximum Gasteiger partial charge on any atom is 0.248 e. The molecular formula is C11H19N5O2S. The molecule has 1 rings (SSSR count). The molecule has 106 valence electrons. The molecule has 1 aromatic heterocycles. The lowest BCUT2D eigenvalue weighted by atomic mass is 10.3. The molecule has 1 unspecified atom stereocenters. The number of aromatic nitrogens is 2. The number of nitrogens with zero attached hydrogens (tertiary/aromatic N) is 4. The quantitative estimate of drug-likeness (QED) is 0.832. The van der Waals surface area contributed by atoms with Crippen LogP contribution in [0, 0.1) is 11.3 Å². The molecule has 7 nitrogen and oxygen atoms in total. The fraction of sp³-hybridized carbons (Fsp3) is 0.636. The highest BCUT2D eigenvalue weighted by atomic mass is 32.2. The van der Waals surface area contributed by atoms with Gasteiger partial charge in [0.15, 0.2) is 5.82 Å². The van der Waals surface area contributed by atoms with E-state index in [2.05, 4.69) is 5.10 Å². The van der Waals surface area contributed by atoms with E-state index in [1.54, 1.807) is 6.92 Å². The third-order valence-electron chi connectivity index (χ3n) is 2.87. The third-order valence-corrected chi connectivity index (χ3v) is 4.86. The van der Waals surface area contributed by atoms with E-state index in [-0.39, 0.29) is 17.1 Å². The van der Waals surface area contributed by atoms with Crippen LogP contribution in [-0.4, -0.2) is 35.6 Å². The van der Waals surface area contributed by atoms with E-state index in [9.17, 15) is 8.42 Å². The second-order valence-corrected chi connectivity index (χ2v) is 6.34. The molecule has 0 saturated heterocycles. The first kappa shape index (κ1) is 15.5. The summed E-state index contributed by atoms with van der Waals surface area (Å²) < 4.78 is 27.4. The zero-order chi connectivity index (χ0) is 14.6.